The molecule has 1 aliphatic heterocycles. The van der Waals surface area contributed by atoms with Crippen LogP contribution in [0, 0.1) is 0 Å². The number of amides is 2. The lowest BCUT2D eigenvalue weighted by Crippen LogP contribution is -2.45. The number of nitrogens with one attached hydrogen (secondary N) is 1. The molecule has 0 aromatic rings. The average Bonchev–Trinajstić information content (AvgIpc) is 2.56. The fourth-order valence-corrected chi connectivity index (χ4v) is 1.77. The Bertz CT molecular complexity index is 337. The summed E-state index contributed by atoms with van der Waals surface area (Å²) < 4.78 is 5.23. The molecular formula is C12H22N2O4. The molecule has 0 aliphatic carbocycles. The zero-order valence-electron chi connectivity index (χ0n) is 11.4. The Morgan fingerprint density at radius 3 is 2.56 bits per heavy atom. The number of rotatable bonds is 2. The minimum Gasteiger partial charge on any atom is -0.444 e. The summed E-state index contributed by atoms with van der Waals surface area (Å²) >= 11 is 0. The van der Waals surface area contributed by atoms with Crippen molar-refractivity contribution in [3.63, 3.8) is 0 Å². The standard InChI is InChI=1S/C12H22N2O4/c1-9(15)13-7-12(17)5-6-14(8-12)10(16)18-11(2,3)4/h17H,5-8H2,1-4H3,(H,13,15). The Hall–Kier alpha value is -1.30. The summed E-state index contributed by atoms with van der Waals surface area (Å²) in [5.41, 5.74) is -1.60. The molecule has 1 rings (SSSR count). The molecule has 0 radical (unpaired) electrons. The van der Waals surface area contributed by atoms with Crippen molar-refractivity contribution in [2.45, 2.75) is 45.3 Å². The zero-order chi connectivity index (χ0) is 14.0. The van der Waals surface area contributed by atoms with Gasteiger partial charge in [0.25, 0.3) is 0 Å². The predicted molar refractivity (Wildman–Crippen MR) is 66.1 cm³/mol. The number of hydrogen-bond donors (Lipinski definition) is 2. The van der Waals surface area contributed by atoms with Gasteiger partial charge in [-0.05, 0) is 27.2 Å². The fraction of sp³-hybridized carbons (Fsp3) is 0.833. The minimum atomic E-state index is -1.05. The lowest BCUT2D eigenvalue weighted by molar-refractivity contribution is -0.120. The van der Waals surface area contributed by atoms with E-state index in [9.17, 15) is 14.7 Å². The highest BCUT2D eigenvalue weighted by Gasteiger charge is 2.39. The first-order valence-electron chi connectivity index (χ1n) is 6.06. The molecule has 1 saturated heterocycles. The molecule has 1 heterocycles. The van der Waals surface area contributed by atoms with E-state index in [2.05, 4.69) is 5.32 Å². The van der Waals surface area contributed by atoms with Gasteiger partial charge in [0, 0.05) is 20.0 Å². The maximum absolute atomic E-state index is 11.8. The second-order valence-corrected chi connectivity index (χ2v) is 5.79. The van der Waals surface area contributed by atoms with Gasteiger partial charge in [-0.1, -0.05) is 0 Å². The molecule has 0 aromatic carbocycles. The molecular weight excluding hydrogens is 236 g/mol. The van der Waals surface area contributed by atoms with Crippen molar-refractivity contribution in [3.8, 4) is 0 Å². The molecule has 1 unspecified atom stereocenters. The monoisotopic (exact) mass is 258 g/mol. The lowest BCUT2D eigenvalue weighted by atomic mass is 10.0. The van der Waals surface area contributed by atoms with Gasteiger partial charge in [0.2, 0.25) is 5.91 Å². The lowest BCUT2D eigenvalue weighted by Gasteiger charge is -2.26. The van der Waals surface area contributed by atoms with Crippen LogP contribution in [-0.4, -0.2) is 52.8 Å². The van der Waals surface area contributed by atoms with Crippen LogP contribution in [0.4, 0.5) is 4.79 Å². The first-order chi connectivity index (χ1) is 8.11. The second-order valence-electron chi connectivity index (χ2n) is 5.79. The summed E-state index contributed by atoms with van der Waals surface area (Å²) in [7, 11) is 0. The first kappa shape index (κ1) is 14.8. The van der Waals surface area contributed by atoms with Gasteiger partial charge in [0.05, 0.1) is 6.54 Å². The SMILES string of the molecule is CC(=O)NCC1(O)CCN(C(=O)OC(C)(C)C)C1. The third kappa shape index (κ3) is 4.52. The van der Waals surface area contributed by atoms with E-state index < -0.39 is 17.3 Å². The van der Waals surface area contributed by atoms with Gasteiger partial charge in [0.1, 0.15) is 11.2 Å². The molecule has 6 nitrogen and oxygen atoms in total. The normalized spacial score (nSPS) is 23.9. The van der Waals surface area contributed by atoms with E-state index in [1.54, 1.807) is 20.8 Å². The quantitative estimate of drug-likeness (QED) is 0.755. The Morgan fingerprint density at radius 2 is 2.06 bits per heavy atom. The van der Waals surface area contributed by atoms with E-state index in [1.807, 2.05) is 0 Å². The highest BCUT2D eigenvalue weighted by atomic mass is 16.6. The van der Waals surface area contributed by atoms with Crippen molar-refractivity contribution in [1.82, 2.24) is 10.2 Å². The van der Waals surface area contributed by atoms with Gasteiger partial charge in [-0.2, -0.15) is 0 Å². The minimum absolute atomic E-state index is 0.154. The van der Waals surface area contributed by atoms with Crippen LogP contribution in [0.2, 0.25) is 0 Å². The van der Waals surface area contributed by atoms with Crippen LogP contribution in [0.5, 0.6) is 0 Å². The van der Waals surface area contributed by atoms with Gasteiger partial charge < -0.3 is 20.1 Å². The maximum atomic E-state index is 11.8. The second kappa shape index (κ2) is 5.14. The number of β-amino-alcohol motifs (C(OH)–C–C–N with tert-alkyl or cyclic N) is 1. The highest BCUT2D eigenvalue weighted by molar-refractivity contribution is 5.73. The van der Waals surface area contributed by atoms with Crippen molar-refractivity contribution >= 4 is 12.0 Å². The molecule has 104 valence electrons. The number of nitrogens with zero attached hydrogens (tertiary/aromatic N) is 1. The summed E-state index contributed by atoms with van der Waals surface area (Å²) in [6.45, 7) is 7.55. The van der Waals surface area contributed by atoms with Gasteiger partial charge in [-0.3, -0.25) is 4.79 Å². The number of aliphatic hydroxyl groups is 1. The zero-order valence-corrected chi connectivity index (χ0v) is 11.4. The number of carbonyl (C=O) groups is 2. The Kier molecular flexibility index (Phi) is 4.21. The molecule has 0 spiro atoms. The number of ether oxygens (including phenoxy) is 1. The van der Waals surface area contributed by atoms with E-state index in [4.69, 9.17) is 4.74 Å². The van der Waals surface area contributed by atoms with Gasteiger partial charge >= 0.3 is 6.09 Å². The first-order valence-corrected chi connectivity index (χ1v) is 6.06. The van der Waals surface area contributed by atoms with Crippen LogP contribution >= 0.6 is 0 Å². The van der Waals surface area contributed by atoms with E-state index in [0.29, 0.717) is 13.0 Å². The summed E-state index contributed by atoms with van der Waals surface area (Å²) in [6.07, 6.45) is 0.00763. The van der Waals surface area contributed by atoms with E-state index in [0.717, 1.165) is 0 Å². The maximum Gasteiger partial charge on any atom is 0.410 e. The topological polar surface area (TPSA) is 78.9 Å². The molecule has 1 fully saturated rings. The molecule has 1 atom stereocenters. The van der Waals surface area contributed by atoms with Gasteiger partial charge in [0.15, 0.2) is 0 Å². The van der Waals surface area contributed by atoms with E-state index in [-0.39, 0.29) is 19.0 Å². The third-order valence-corrected chi connectivity index (χ3v) is 2.65. The molecule has 2 N–H and O–H groups in total. The van der Waals surface area contributed by atoms with Crippen molar-refractivity contribution in [1.29, 1.82) is 0 Å². The van der Waals surface area contributed by atoms with E-state index >= 15 is 0 Å². The van der Waals surface area contributed by atoms with Crippen LogP contribution in [0.15, 0.2) is 0 Å². The molecule has 0 aromatic heterocycles. The van der Waals surface area contributed by atoms with Crippen LogP contribution in [0.25, 0.3) is 0 Å². The third-order valence-electron chi connectivity index (χ3n) is 2.65. The summed E-state index contributed by atoms with van der Waals surface area (Å²) in [5.74, 6) is -0.195. The Labute approximate surface area is 107 Å². The molecule has 0 bridgehead atoms. The van der Waals surface area contributed by atoms with Crippen LogP contribution in [-0.2, 0) is 9.53 Å². The number of hydrogen-bond acceptors (Lipinski definition) is 4. The van der Waals surface area contributed by atoms with Crippen molar-refractivity contribution < 1.29 is 19.4 Å². The largest absolute Gasteiger partial charge is 0.444 e. The fourth-order valence-electron chi connectivity index (χ4n) is 1.77. The van der Waals surface area contributed by atoms with Crippen LogP contribution in [0.3, 0.4) is 0 Å². The van der Waals surface area contributed by atoms with Crippen molar-refractivity contribution in [2.75, 3.05) is 19.6 Å². The molecule has 1 aliphatic rings. The molecule has 0 saturated carbocycles. The van der Waals surface area contributed by atoms with E-state index in [1.165, 1.54) is 11.8 Å². The van der Waals surface area contributed by atoms with Crippen LogP contribution in [0.1, 0.15) is 34.1 Å². The number of likely N-dealkylation sites (tertiary alicyclic amines) is 1. The van der Waals surface area contributed by atoms with Crippen molar-refractivity contribution in [2.24, 2.45) is 0 Å². The summed E-state index contributed by atoms with van der Waals surface area (Å²) in [5, 5.41) is 12.8. The van der Waals surface area contributed by atoms with Gasteiger partial charge in [-0.25, -0.2) is 4.79 Å². The van der Waals surface area contributed by atoms with Crippen LogP contribution < -0.4 is 5.32 Å². The smallest absolute Gasteiger partial charge is 0.410 e. The predicted octanol–water partition coefficient (Wildman–Crippen LogP) is 0.494. The van der Waals surface area contributed by atoms with Gasteiger partial charge in [-0.15, -0.1) is 0 Å². The highest BCUT2D eigenvalue weighted by Crippen LogP contribution is 2.22. The summed E-state index contributed by atoms with van der Waals surface area (Å²) in [4.78, 5) is 24.1. The Morgan fingerprint density at radius 1 is 1.44 bits per heavy atom. The molecule has 6 heteroatoms. The number of carbonyl (C=O) groups excluding carboxylic acids is 2. The molecule has 2 amide bonds. The summed E-state index contributed by atoms with van der Waals surface area (Å²) in [6, 6.07) is 0. The Balaban J connectivity index is 2.49. The molecule has 18 heavy (non-hydrogen) atoms. The van der Waals surface area contributed by atoms with Crippen molar-refractivity contribution in [3.05, 3.63) is 0 Å². The average molecular weight is 258 g/mol.